The van der Waals surface area contributed by atoms with Crippen LogP contribution in [0.1, 0.15) is 37.3 Å². The molecule has 3 aromatic rings. The fraction of sp³-hybridized carbons (Fsp3) is 0.375. The zero-order valence-electron chi connectivity index (χ0n) is 17.1. The third kappa shape index (κ3) is 4.19. The van der Waals surface area contributed by atoms with E-state index in [1.54, 1.807) is 0 Å². The maximum Gasteiger partial charge on any atom is 0.223 e. The second kappa shape index (κ2) is 8.21. The molecule has 2 aromatic carbocycles. The van der Waals surface area contributed by atoms with Crippen LogP contribution in [0.5, 0.6) is 0 Å². The molecule has 0 aliphatic carbocycles. The van der Waals surface area contributed by atoms with Gasteiger partial charge in [0.15, 0.2) is 0 Å². The number of para-hydroxylation sites is 1. The minimum atomic E-state index is -0.0549. The maximum atomic E-state index is 13.3. The monoisotopic (exact) mass is 410 g/mol. The van der Waals surface area contributed by atoms with Crippen molar-refractivity contribution in [2.24, 2.45) is 7.05 Å². The van der Waals surface area contributed by atoms with E-state index in [0.29, 0.717) is 24.5 Å². The summed E-state index contributed by atoms with van der Waals surface area (Å²) in [6.45, 7) is 5.33. The van der Waals surface area contributed by atoms with Crippen molar-refractivity contribution in [3.8, 4) is 0 Å². The van der Waals surface area contributed by atoms with Crippen molar-refractivity contribution >= 4 is 28.4 Å². The molecule has 29 heavy (non-hydrogen) atoms. The highest BCUT2D eigenvalue weighted by atomic mass is 35.5. The van der Waals surface area contributed by atoms with Crippen molar-refractivity contribution in [3.63, 3.8) is 0 Å². The summed E-state index contributed by atoms with van der Waals surface area (Å²) >= 11 is 6.31. The van der Waals surface area contributed by atoms with Crippen LogP contribution in [0.25, 0.3) is 10.9 Å². The molecule has 2 heterocycles. The number of hydrogen-bond acceptors (Lipinski definition) is 2. The lowest BCUT2D eigenvalue weighted by atomic mass is 9.87. The first-order valence-electron chi connectivity index (χ1n) is 10.1. The second-order valence-corrected chi connectivity index (χ2v) is 8.52. The van der Waals surface area contributed by atoms with Crippen molar-refractivity contribution in [1.82, 2.24) is 9.47 Å². The van der Waals surface area contributed by atoms with E-state index < -0.39 is 0 Å². The Balaban J connectivity index is 1.72. The van der Waals surface area contributed by atoms with E-state index in [9.17, 15) is 4.79 Å². The highest BCUT2D eigenvalue weighted by Gasteiger charge is 2.29. The summed E-state index contributed by atoms with van der Waals surface area (Å²) in [7, 11) is 2.05. The van der Waals surface area contributed by atoms with Gasteiger partial charge in [-0.25, -0.2) is 0 Å². The molecule has 4 nitrogen and oxygen atoms in total. The average Bonchev–Trinajstić information content (AvgIpc) is 3.02. The number of aryl methyl sites for hydroxylation is 1. The summed E-state index contributed by atoms with van der Waals surface area (Å²) in [5.74, 6) is 0.102. The molecule has 0 N–H and O–H groups in total. The van der Waals surface area contributed by atoms with Crippen LogP contribution in [0.2, 0.25) is 5.02 Å². The Bertz CT molecular complexity index is 1020. The predicted molar refractivity (Wildman–Crippen MR) is 117 cm³/mol. The number of fused-ring (bicyclic) bond motifs is 1. The molecule has 152 valence electrons. The largest absolute Gasteiger partial charge is 0.372 e. The van der Waals surface area contributed by atoms with Crippen LogP contribution < -0.4 is 0 Å². The van der Waals surface area contributed by atoms with Crippen LogP contribution in [-0.4, -0.2) is 40.7 Å². The van der Waals surface area contributed by atoms with E-state index in [1.807, 2.05) is 56.1 Å². The lowest BCUT2D eigenvalue weighted by Crippen LogP contribution is -2.48. The fourth-order valence-corrected chi connectivity index (χ4v) is 4.67. The number of morpholine rings is 1. The van der Waals surface area contributed by atoms with Crippen molar-refractivity contribution in [2.75, 3.05) is 13.1 Å². The molecule has 4 rings (SSSR count). The van der Waals surface area contributed by atoms with Gasteiger partial charge in [-0.3, -0.25) is 4.79 Å². The normalized spacial score (nSPS) is 20.8. The van der Waals surface area contributed by atoms with Gasteiger partial charge in [0.05, 0.1) is 12.2 Å². The van der Waals surface area contributed by atoms with Crippen LogP contribution in [0.15, 0.2) is 54.7 Å². The average molecular weight is 411 g/mol. The number of rotatable bonds is 4. The summed E-state index contributed by atoms with van der Waals surface area (Å²) in [5.41, 5.74) is 3.39. The lowest BCUT2D eigenvalue weighted by molar-refractivity contribution is -0.143. The molecule has 1 saturated heterocycles. The van der Waals surface area contributed by atoms with Gasteiger partial charge in [0, 0.05) is 54.6 Å². The third-order valence-corrected chi connectivity index (χ3v) is 5.94. The van der Waals surface area contributed by atoms with E-state index in [4.69, 9.17) is 16.3 Å². The van der Waals surface area contributed by atoms with Crippen molar-refractivity contribution in [3.05, 3.63) is 70.9 Å². The molecule has 3 atom stereocenters. The summed E-state index contributed by atoms with van der Waals surface area (Å²) in [6.07, 6.45) is 2.68. The molecule has 1 fully saturated rings. The van der Waals surface area contributed by atoms with Crippen molar-refractivity contribution < 1.29 is 9.53 Å². The number of aromatic nitrogens is 1. The summed E-state index contributed by atoms with van der Waals surface area (Å²) in [5, 5.41) is 1.87. The molecule has 0 spiro atoms. The quantitative estimate of drug-likeness (QED) is 0.607. The first-order valence-corrected chi connectivity index (χ1v) is 10.5. The van der Waals surface area contributed by atoms with Gasteiger partial charge >= 0.3 is 0 Å². The first-order chi connectivity index (χ1) is 13.9. The highest BCUT2D eigenvalue weighted by molar-refractivity contribution is 6.30. The number of carbonyl (C=O) groups excluding carboxylic acids is 1. The number of benzene rings is 2. The van der Waals surface area contributed by atoms with E-state index in [1.165, 1.54) is 5.39 Å². The molecule has 0 bridgehead atoms. The standard InChI is InChI=1S/C24H27ClN2O2/c1-16-13-27(14-17(2)29-16)24(28)12-21(18-7-6-8-19(25)11-18)22-15-26(3)23-10-5-4-9-20(22)23/h4-11,15-17,21H,12-14H2,1-3H3. The van der Waals surface area contributed by atoms with Crippen LogP contribution in [0, 0.1) is 0 Å². The Hall–Kier alpha value is -2.30. The Morgan fingerprint density at radius 3 is 2.59 bits per heavy atom. The number of halogens is 1. The van der Waals surface area contributed by atoms with E-state index in [2.05, 4.69) is 29.0 Å². The number of hydrogen-bond donors (Lipinski definition) is 0. The predicted octanol–water partition coefficient (Wildman–Crippen LogP) is 4.99. The Morgan fingerprint density at radius 2 is 1.86 bits per heavy atom. The molecule has 1 aliphatic rings. The summed E-state index contributed by atoms with van der Waals surface area (Å²) in [4.78, 5) is 15.3. The third-order valence-electron chi connectivity index (χ3n) is 5.71. The molecule has 1 aromatic heterocycles. The molecule has 5 heteroatoms. The molecular formula is C24H27ClN2O2. The van der Waals surface area contributed by atoms with Crippen molar-refractivity contribution in [2.45, 2.75) is 38.4 Å². The van der Waals surface area contributed by atoms with Gasteiger partial charge < -0.3 is 14.2 Å². The van der Waals surface area contributed by atoms with E-state index in [0.717, 1.165) is 16.6 Å². The van der Waals surface area contributed by atoms with Crippen LogP contribution >= 0.6 is 11.6 Å². The number of amides is 1. The molecule has 0 saturated carbocycles. The van der Waals surface area contributed by atoms with Gasteiger partial charge in [0.25, 0.3) is 0 Å². The summed E-state index contributed by atoms with van der Waals surface area (Å²) in [6, 6.07) is 16.2. The molecule has 1 aliphatic heterocycles. The molecule has 3 unspecified atom stereocenters. The minimum Gasteiger partial charge on any atom is -0.372 e. The molecule has 0 radical (unpaired) electrons. The Kier molecular flexibility index (Phi) is 5.66. The highest BCUT2D eigenvalue weighted by Crippen LogP contribution is 2.36. The lowest BCUT2D eigenvalue weighted by Gasteiger charge is -2.36. The topological polar surface area (TPSA) is 34.5 Å². The summed E-state index contributed by atoms with van der Waals surface area (Å²) < 4.78 is 7.93. The number of ether oxygens (including phenoxy) is 1. The number of carbonyl (C=O) groups is 1. The minimum absolute atomic E-state index is 0.0549. The van der Waals surface area contributed by atoms with Crippen LogP contribution in [-0.2, 0) is 16.6 Å². The maximum absolute atomic E-state index is 13.3. The Morgan fingerprint density at radius 1 is 1.14 bits per heavy atom. The zero-order chi connectivity index (χ0) is 20.5. The smallest absolute Gasteiger partial charge is 0.223 e. The van der Waals surface area contributed by atoms with Crippen LogP contribution in [0.4, 0.5) is 0 Å². The van der Waals surface area contributed by atoms with Gasteiger partial charge in [-0.05, 0) is 43.2 Å². The van der Waals surface area contributed by atoms with Gasteiger partial charge in [0.2, 0.25) is 5.91 Å². The number of nitrogens with zero attached hydrogens (tertiary/aromatic N) is 2. The Labute approximate surface area is 177 Å². The molecular weight excluding hydrogens is 384 g/mol. The fourth-order valence-electron chi connectivity index (χ4n) is 4.47. The zero-order valence-corrected chi connectivity index (χ0v) is 17.9. The first kappa shape index (κ1) is 20.0. The van der Waals surface area contributed by atoms with Gasteiger partial charge in [-0.15, -0.1) is 0 Å². The van der Waals surface area contributed by atoms with Gasteiger partial charge in [-0.2, -0.15) is 0 Å². The van der Waals surface area contributed by atoms with Gasteiger partial charge in [-0.1, -0.05) is 41.9 Å². The van der Waals surface area contributed by atoms with Crippen LogP contribution in [0.3, 0.4) is 0 Å². The van der Waals surface area contributed by atoms with Gasteiger partial charge in [0.1, 0.15) is 0 Å². The van der Waals surface area contributed by atoms with E-state index >= 15 is 0 Å². The van der Waals surface area contributed by atoms with E-state index in [-0.39, 0.29) is 24.0 Å². The molecule has 1 amide bonds. The SMILES string of the molecule is CC1CN(C(=O)CC(c2cccc(Cl)c2)c2cn(C)c3ccccc23)CC(C)O1. The second-order valence-electron chi connectivity index (χ2n) is 8.08. The van der Waals surface area contributed by atoms with Crippen molar-refractivity contribution in [1.29, 1.82) is 0 Å².